The first-order valence-electron chi connectivity index (χ1n) is 5.49. The first-order chi connectivity index (χ1) is 9.54. The third-order valence-corrected chi connectivity index (χ3v) is 2.24. The number of amides is 2. The lowest BCUT2D eigenvalue weighted by Gasteiger charge is -2.15. The van der Waals surface area contributed by atoms with E-state index in [1.807, 2.05) is 10.6 Å². The monoisotopic (exact) mass is 316 g/mol. The fraction of sp³-hybridized carbons (Fsp3) is 0.364. The van der Waals surface area contributed by atoms with Crippen LogP contribution in [0, 0.1) is 0 Å². The third kappa shape index (κ3) is 5.14. The average molecular weight is 316 g/mol. The Labute approximate surface area is 114 Å². The van der Waals surface area contributed by atoms with Gasteiger partial charge in [-0.3, -0.25) is 0 Å². The highest BCUT2D eigenvalue weighted by Crippen LogP contribution is 2.37. The number of nitrogens with one attached hydrogen (secondary N) is 2. The van der Waals surface area contributed by atoms with Gasteiger partial charge in [-0.15, -0.1) is 0 Å². The molecule has 0 aliphatic carbocycles. The zero-order valence-corrected chi connectivity index (χ0v) is 10.3. The Bertz CT molecular complexity index is 480. The summed E-state index contributed by atoms with van der Waals surface area (Å²) >= 11 is 0. The summed E-state index contributed by atoms with van der Waals surface area (Å²) < 4.78 is 75.3. The van der Waals surface area contributed by atoms with Gasteiger partial charge < -0.3 is 15.7 Å². The molecule has 118 valence electrons. The summed E-state index contributed by atoms with van der Waals surface area (Å²) in [5.41, 5.74) is -3.72. The van der Waals surface area contributed by atoms with E-state index in [4.69, 9.17) is 5.11 Å². The predicted octanol–water partition coefficient (Wildman–Crippen LogP) is 2.84. The van der Waals surface area contributed by atoms with Crippen LogP contribution in [0.15, 0.2) is 18.2 Å². The molecule has 0 fully saturated rings. The topological polar surface area (TPSA) is 61.4 Å². The molecule has 1 aromatic rings. The highest BCUT2D eigenvalue weighted by atomic mass is 19.4. The van der Waals surface area contributed by atoms with Crippen LogP contribution in [0.3, 0.4) is 0 Å². The fourth-order valence-electron chi connectivity index (χ4n) is 1.37. The van der Waals surface area contributed by atoms with Crippen molar-refractivity contribution in [1.82, 2.24) is 5.32 Å². The lowest BCUT2D eigenvalue weighted by atomic mass is 10.1. The van der Waals surface area contributed by atoms with Gasteiger partial charge in [0.1, 0.15) is 0 Å². The minimum absolute atomic E-state index is 0.0448. The largest absolute Gasteiger partial charge is 0.416 e. The Balaban J connectivity index is 3.11. The van der Waals surface area contributed by atoms with Gasteiger partial charge in [0.05, 0.1) is 17.7 Å². The number of anilines is 1. The second kappa shape index (κ2) is 6.20. The summed E-state index contributed by atoms with van der Waals surface area (Å²) in [7, 11) is 0. The van der Waals surface area contributed by atoms with Crippen molar-refractivity contribution in [3.63, 3.8) is 0 Å². The van der Waals surface area contributed by atoms with Gasteiger partial charge in [0.15, 0.2) is 0 Å². The maximum atomic E-state index is 12.5. The zero-order chi connectivity index (χ0) is 16.3. The summed E-state index contributed by atoms with van der Waals surface area (Å²) in [5.74, 6) is 0. The summed E-state index contributed by atoms with van der Waals surface area (Å²) in [6, 6.07) is -0.310. The van der Waals surface area contributed by atoms with Crippen molar-refractivity contribution in [1.29, 1.82) is 0 Å². The fourth-order valence-corrected chi connectivity index (χ4v) is 1.37. The molecule has 0 aromatic heterocycles. The van der Waals surface area contributed by atoms with E-state index in [9.17, 15) is 31.1 Å². The van der Waals surface area contributed by atoms with Crippen molar-refractivity contribution in [2.24, 2.45) is 0 Å². The lowest BCUT2D eigenvalue weighted by Crippen LogP contribution is -2.31. The molecule has 0 saturated carbocycles. The standard InChI is InChI=1S/C11H10F6N2O2/c12-10(13,14)6-3-7(11(15,16)17)5-8(4-6)19-9(21)18-1-2-20/h3-5,20H,1-2H2,(H2,18,19,21). The Morgan fingerprint density at radius 1 is 1.00 bits per heavy atom. The molecule has 0 atom stereocenters. The Morgan fingerprint density at radius 3 is 1.86 bits per heavy atom. The van der Waals surface area contributed by atoms with Gasteiger partial charge in [0.25, 0.3) is 0 Å². The molecule has 1 aromatic carbocycles. The van der Waals surface area contributed by atoms with Crippen molar-refractivity contribution in [2.75, 3.05) is 18.5 Å². The molecule has 4 nitrogen and oxygen atoms in total. The molecule has 2 amide bonds. The van der Waals surface area contributed by atoms with E-state index in [1.54, 1.807) is 0 Å². The van der Waals surface area contributed by atoms with Crippen LogP contribution >= 0.6 is 0 Å². The number of urea groups is 1. The summed E-state index contributed by atoms with van der Waals surface area (Å²) in [6.07, 6.45) is -9.97. The molecule has 0 saturated heterocycles. The number of hydrogen-bond donors (Lipinski definition) is 3. The molecule has 10 heteroatoms. The number of carbonyl (C=O) groups excluding carboxylic acids is 1. The second-order valence-corrected chi connectivity index (χ2v) is 3.90. The molecular formula is C11H10F6N2O2. The third-order valence-electron chi connectivity index (χ3n) is 2.24. The molecule has 0 heterocycles. The maximum Gasteiger partial charge on any atom is 0.416 e. The zero-order valence-electron chi connectivity index (χ0n) is 10.3. The van der Waals surface area contributed by atoms with E-state index in [1.165, 1.54) is 0 Å². The van der Waals surface area contributed by atoms with Crippen LogP contribution in [0.1, 0.15) is 11.1 Å². The number of alkyl halides is 6. The smallest absolute Gasteiger partial charge is 0.395 e. The molecule has 0 radical (unpaired) electrons. The summed E-state index contributed by atoms with van der Waals surface area (Å²) in [6.45, 7) is -0.624. The molecule has 1 rings (SSSR count). The minimum Gasteiger partial charge on any atom is -0.395 e. The van der Waals surface area contributed by atoms with E-state index < -0.39 is 41.8 Å². The van der Waals surface area contributed by atoms with Crippen LogP contribution in [0.5, 0.6) is 0 Å². The molecule has 0 spiro atoms. The molecule has 0 bridgehead atoms. The van der Waals surface area contributed by atoms with Crippen LogP contribution in [0.25, 0.3) is 0 Å². The van der Waals surface area contributed by atoms with E-state index >= 15 is 0 Å². The second-order valence-electron chi connectivity index (χ2n) is 3.90. The predicted molar refractivity (Wildman–Crippen MR) is 60.6 cm³/mol. The number of halogens is 6. The molecule has 0 unspecified atom stereocenters. The Kier molecular flexibility index (Phi) is 5.05. The van der Waals surface area contributed by atoms with Gasteiger partial charge in [0.2, 0.25) is 0 Å². The first-order valence-corrected chi connectivity index (χ1v) is 5.49. The molecule has 0 aliphatic rings. The van der Waals surface area contributed by atoms with Gasteiger partial charge in [-0.1, -0.05) is 0 Å². The van der Waals surface area contributed by atoms with E-state index in [-0.39, 0.29) is 12.6 Å². The minimum atomic E-state index is -4.99. The number of aliphatic hydroxyl groups is 1. The summed E-state index contributed by atoms with van der Waals surface area (Å²) in [5, 5.41) is 12.3. The molecule has 0 aliphatic heterocycles. The number of aliphatic hydroxyl groups excluding tert-OH is 1. The molecular weight excluding hydrogens is 306 g/mol. The van der Waals surface area contributed by atoms with Crippen molar-refractivity contribution < 1.29 is 36.2 Å². The number of carbonyl (C=O) groups is 1. The van der Waals surface area contributed by atoms with Crippen LogP contribution in [0.2, 0.25) is 0 Å². The van der Waals surface area contributed by atoms with Gasteiger partial charge in [-0.25, -0.2) is 4.79 Å². The van der Waals surface area contributed by atoms with E-state index in [2.05, 4.69) is 0 Å². The molecule has 3 N–H and O–H groups in total. The normalized spacial score (nSPS) is 12.1. The number of rotatable bonds is 3. The van der Waals surface area contributed by atoms with Crippen LogP contribution in [-0.2, 0) is 12.4 Å². The Hall–Kier alpha value is -1.97. The van der Waals surface area contributed by atoms with Crippen molar-refractivity contribution >= 4 is 11.7 Å². The van der Waals surface area contributed by atoms with Gasteiger partial charge in [-0.05, 0) is 18.2 Å². The van der Waals surface area contributed by atoms with Crippen molar-refractivity contribution in [3.8, 4) is 0 Å². The van der Waals surface area contributed by atoms with E-state index in [0.717, 1.165) is 0 Å². The highest BCUT2D eigenvalue weighted by Gasteiger charge is 2.37. The van der Waals surface area contributed by atoms with Crippen LogP contribution in [0.4, 0.5) is 36.8 Å². The van der Waals surface area contributed by atoms with Gasteiger partial charge >= 0.3 is 18.4 Å². The van der Waals surface area contributed by atoms with Gasteiger partial charge in [-0.2, -0.15) is 26.3 Å². The Morgan fingerprint density at radius 2 is 1.48 bits per heavy atom. The number of hydrogen-bond acceptors (Lipinski definition) is 2. The molecule has 21 heavy (non-hydrogen) atoms. The van der Waals surface area contributed by atoms with Crippen LogP contribution < -0.4 is 10.6 Å². The SMILES string of the molecule is O=C(NCCO)Nc1cc(C(F)(F)F)cc(C(F)(F)F)c1. The summed E-state index contributed by atoms with van der Waals surface area (Å²) in [4.78, 5) is 11.2. The van der Waals surface area contributed by atoms with Crippen LogP contribution in [-0.4, -0.2) is 24.3 Å². The van der Waals surface area contributed by atoms with Gasteiger partial charge in [0, 0.05) is 12.2 Å². The average Bonchev–Trinajstić information content (AvgIpc) is 2.34. The maximum absolute atomic E-state index is 12.5. The van der Waals surface area contributed by atoms with Crippen molar-refractivity contribution in [3.05, 3.63) is 29.3 Å². The first kappa shape index (κ1) is 17.1. The lowest BCUT2D eigenvalue weighted by molar-refractivity contribution is -0.143. The quantitative estimate of drug-likeness (QED) is 0.751. The number of benzene rings is 1. The van der Waals surface area contributed by atoms with Crippen molar-refractivity contribution in [2.45, 2.75) is 12.4 Å². The highest BCUT2D eigenvalue weighted by molar-refractivity contribution is 5.89. The van der Waals surface area contributed by atoms with E-state index in [0.29, 0.717) is 12.1 Å².